The molecule has 2 unspecified atom stereocenters. The Labute approximate surface area is 263 Å². The largest absolute Gasteiger partial charge is 0.490 e. The van der Waals surface area contributed by atoms with Crippen LogP contribution in [0.15, 0.2) is 47.5 Å². The van der Waals surface area contributed by atoms with E-state index in [4.69, 9.17) is 36.3 Å². The normalized spacial score (nSPS) is 17.3. The van der Waals surface area contributed by atoms with Gasteiger partial charge in [0.15, 0.2) is 5.96 Å². The van der Waals surface area contributed by atoms with Gasteiger partial charge in [-0.2, -0.15) is 26.3 Å². The van der Waals surface area contributed by atoms with Gasteiger partial charge in [0.1, 0.15) is 5.82 Å². The molecule has 2 atom stereocenters. The van der Waals surface area contributed by atoms with Crippen LogP contribution in [0, 0.1) is 6.92 Å². The third kappa shape index (κ3) is 9.91. The number of aliphatic imine (C=N–C) groups is 1. The SMILES string of the molecule is Cc1ccc2nc(C(=O)N3CCc4ccccc43)nc(NC3CCCCC3N=C(N)N)c2c1.O=C(O)C(F)(F)F.O=C(O)C(F)(F)F. The van der Waals surface area contributed by atoms with Crippen molar-refractivity contribution in [3.8, 4) is 0 Å². The standard InChI is InChI=1S/C25H29N7O.2C2HF3O2/c1-15-10-11-18-17(14-15)22(29-19-7-3-4-8-20(19)30-25(26)27)31-23(28-18)24(33)32-13-12-16-6-2-5-9-21(16)32;2*3-2(4,5)1(6)7/h2,5-6,9-11,14,19-20H,3-4,7-8,12-13H2,1H3,(H4,26,27,30)(H,28,29,31);2*(H,6,7). The molecule has 254 valence electrons. The fourth-order valence-corrected chi connectivity index (χ4v) is 4.92. The summed E-state index contributed by atoms with van der Waals surface area (Å²) in [6.07, 6.45) is -5.31. The number of carbonyl (C=O) groups excluding carboxylic acids is 1. The van der Waals surface area contributed by atoms with Gasteiger partial charge >= 0.3 is 24.3 Å². The number of anilines is 2. The fourth-order valence-electron chi connectivity index (χ4n) is 4.92. The molecule has 12 nitrogen and oxygen atoms in total. The van der Waals surface area contributed by atoms with E-state index in [9.17, 15) is 31.1 Å². The van der Waals surface area contributed by atoms with Gasteiger partial charge in [0.25, 0.3) is 5.91 Å². The number of carbonyl (C=O) groups is 3. The van der Waals surface area contributed by atoms with Gasteiger partial charge in [-0.25, -0.2) is 24.5 Å². The lowest BCUT2D eigenvalue weighted by Gasteiger charge is -2.30. The first-order valence-electron chi connectivity index (χ1n) is 14.0. The molecule has 0 bridgehead atoms. The number of amides is 1. The Morgan fingerprint density at radius 1 is 0.936 bits per heavy atom. The van der Waals surface area contributed by atoms with E-state index in [2.05, 4.69) is 27.4 Å². The predicted octanol–water partition coefficient (Wildman–Crippen LogP) is 4.40. The average molecular weight is 672 g/mol. The topological polar surface area (TPSA) is 197 Å². The average Bonchev–Trinajstić information content (AvgIpc) is 3.41. The lowest BCUT2D eigenvalue weighted by molar-refractivity contribution is -0.193. The van der Waals surface area contributed by atoms with Crippen molar-refractivity contribution in [3.63, 3.8) is 0 Å². The van der Waals surface area contributed by atoms with E-state index >= 15 is 0 Å². The van der Waals surface area contributed by atoms with Crippen LogP contribution in [0.4, 0.5) is 37.8 Å². The van der Waals surface area contributed by atoms with Crippen molar-refractivity contribution in [1.82, 2.24) is 9.97 Å². The van der Waals surface area contributed by atoms with Gasteiger partial charge in [0, 0.05) is 17.6 Å². The molecule has 5 rings (SSSR count). The number of aliphatic carboxylic acids is 2. The molecule has 18 heteroatoms. The van der Waals surface area contributed by atoms with Gasteiger partial charge in [-0.3, -0.25) is 4.79 Å². The van der Waals surface area contributed by atoms with Crippen molar-refractivity contribution in [2.45, 2.75) is 63.5 Å². The summed E-state index contributed by atoms with van der Waals surface area (Å²) in [6, 6.07) is 14.0. The summed E-state index contributed by atoms with van der Waals surface area (Å²) in [7, 11) is 0. The minimum atomic E-state index is -5.08. The molecule has 1 aliphatic carbocycles. The summed E-state index contributed by atoms with van der Waals surface area (Å²) in [6.45, 7) is 2.66. The van der Waals surface area contributed by atoms with Crippen molar-refractivity contribution < 1.29 is 50.9 Å². The number of carboxylic acids is 2. The van der Waals surface area contributed by atoms with Crippen molar-refractivity contribution >= 4 is 46.2 Å². The number of benzene rings is 2. The molecule has 1 fully saturated rings. The van der Waals surface area contributed by atoms with Crippen molar-refractivity contribution in [2.24, 2.45) is 16.5 Å². The second-order valence-corrected chi connectivity index (χ2v) is 10.5. The second-order valence-electron chi connectivity index (χ2n) is 10.5. The Bertz CT molecular complexity index is 1620. The molecule has 1 aliphatic heterocycles. The Balaban J connectivity index is 0.000000360. The van der Waals surface area contributed by atoms with Gasteiger partial charge in [-0.05, 0) is 49.9 Å². The summed E-state index contributed by atoms with van der Waals surface area (Å²) in [5.41, 5.74) is 15.3. The lowest BCUT2D eigenvalue weighted by atomic mass is 9.90. The van der Waals surface area contributed by atoms with Gasteiger partial charge < -0.3 is 31.9 Å². The number of rotatable bonds is 4. The van der Waals surface area contributed by atoms with Gasteiger partial charge in [0.05, 0.1) is 17.6 Å². The number of nitrogens with zero attached hydrogens (tertiary/aromatic N) is 4. The van der Waals surface area contributed by atoms with Crippen LogP contribution in [0.3, 0.4) is 0 Å². The quantitative estimate of drug-likeness (QED) is 0.151. The number of fused-ring (bicyclic) bond motifs is 2. The Morgan fingerprint density at radius 2 is 1.53 bits per heavy atom. The lowest BCUT2D eigenvalue weighted by Crippen LogP contribution is -2.39. The molecular formula is C29H31F6N7O5. The summed E-state index contributed by atoms with van der Waals surface area (Å²) in [5, 5.41) is 18.7. The zero-order valence-corrected chi connectivity index (χ0v) is 24.8. The fraction of sp³-hybridized carbons (Fsp3) is 0.379. The van der Waals surface area contributed by atoms with E-state index in [1.807, 2.05) is 37.3 Å². The van der Waals surface area contributed by atoms with Crippen LogP contribution in [-0.4, -0.2) is 75.0 Å². The highest BCUT2D eigenvalue weighted by atomic mass is 19.4. The molecule has 0 saturated heterocycles. The molecule has 2 aliphatic rings. The van der Waals surface area contributed by atoms with Crippen LogP contribution >= 0.6 is 0 Å². The summed E-state index contributed by atoms with van der Waals surface area (Å²) >= 11 is 0. The number of hydrogen-bond donors (Lipinski definition) is 5. The Kier molecular flexibility index (Phi) is 11.6. The minimum absolute atomic E-state index is 0.0248. The number of para-hydroxylation sites is 1. The number of aromatic nitrogens is 2. The number of carboxylic acid groups (broad SMARTS) is 2. The number of halogens is 6. The van der Waals surface area contributed by atoms with Crippen LogP contribution in [0.2, 0.25) is 0 Å². The smallest absolute Gasteiger partial charge is 0.475 e. The van der Waals surface area contributed by atoms with E-state index in [1.165, 1.54) is 5.56 Å². The second kappa shape index (κ2) is 15.0. The van der Waals surface area contributed by atoms with E-state index < -0.39 is 24.3 Å². The summed E-state index contributed by atoms with van der Waals surface area (Å²) in [5.74, 6) is -4.75. The van der Waals surface area contributed by atoms with Crippen LogP contribution in [-0.2, 0) is 16.0 Å². The number of hydrogen-bond acceptors (Lipinski definition) is 7. The van der Waals surface area contributed by atoms with Crippen LogP contribution in [0.1, 0.15) is 47.4 Å². The number of nitrogens with one attached hydrogen (secondary N) is 1. The van der Waals surface area contributed by atoms with Crippen LogP contribution < -0.4 is 21.7 Å². The van der Waals surface area contributed by atoms with Crippen molar-refractivity contribution in [2.75, 3.05) is 16.8 Å². The molecule has 3 aromatic rings. The molecule has 47 heavy (non-hydrogen) atoms. The number of aryl methyl sites for hydroxylation is 1. The molecule has 1 amide bonds. The van der Waals surface area contributed by atoms with E-state index in [0.29, 0.717) is 12.4 Å². The van der Waals surface area contributed by atoms with E-state index in [-0.39, 0.29) is 29.8 Å². The van der Waals surface area contributed by atoms with Crippen LogP contribution in [0.5, 0.6) is 0 Å². The van der Waals surface area contributed by atoms with E-state index in [0.717, 1.165) is 54.3 Å². The zero-order chi connectivity index (χ0) is 35.1. The maximum absolute atomic E-state index is 13.5. The predicted molar refractivity (Wildman–Crippen MR) is 159 cm³/mol. The first kappa shape index (κ1) is 36.3. The third-order valence-electron chi connectivity index (χ3n) is 7.03. The minimum Gasteiger partial charge on any atom is -0.475 e. The van der Waals surface area contributed by atoms with Crippen LogP contribution in [0.25, 0.3) is 10.9 Å². The van der Waals surface area contributed by atoms with Crippen molar-refractivity contribution in [1.29, 1.82) is 0 Å². The molecule has 1 aromatic heterocycles. The molecule has 0 spiro atoms. The first-order valence-corrected chi connectivity index (χ1v) is 14.0. The Morgan fingerprint density at radius 3 is 2.13 bits per heavy atom. The number of nitrogens with two attached hydrogens (primary N) is 2. The highest BCUT2D eigenvalue weighted by molar-refractivity contribution is 6.06. The molecule has 1 saturated carbocycles. The summed E-state index contributed by atoms with van der Waals surface area (Å²) < 4.78 is 63.5. The Hall–Kier alpha value is -5.16. The van der Waals surface area contributed by atoms with Gasteiger partial charge in [0.2, 0.25) is 5.82 Å². The summed E-state index contributed by atoms with van der Waals surface area (Å²) in [4.78, 5) is 46.9. The van der Waals surface area contributed by atoms with Crippen molar-refractivity contribution in [3.05, 3.63) is 59.4 Å². The molecule has 2 aromatic carbocycles. The number of alkyl halides is 6. The maximum atomic E-state index is 13.5. The molecular weight excluding hydrogens is 640 g/mol. The monoisotopic (exact) mass is 671 g/mol. The van der Waals surface area contributed by atoms with Gasteiger partial charge in [-0.15, -0.1) is 0 Å². The first-order chi connectivity index (χ1) is 21.9. The van der Waals surface area contributed by atoms with E-state index in [1.54, 1.807) is 4.90 Å². The molecule has 2 heterocycles. The van der Waals surface area contributed by atoms with Gasteiger partial charge in [-0.1, -0.05) is 42.7 Å². The third-order valence-corrected chi connectivity index (χ3v) is 7.03. The molecule has 0 radical (unpaired) electrons. The highest BCUT2D eigenvalue weighted by Gasteiger charge is 2.39. The number of guanidine groups is 1. The zero-order valence-electron chi connectivity index (χ0n) is 24.8. The molecule has 7 N–H and O–H groups in total. The maximum Gasteiger partial charge on any atom is 0.490 e. The highest BCUT2D eigenvalue weighted by Crippen LogP contribution is 2.31.